The number of aromatic nitrogens is 1. The zero-order chi connectivity index (χ0) is 25.1. The van der Waals surface area contributed by atoms with E-state index in [1.807, 2.05) is 13.8 Å². The van der Waals surface area contributed by atoms with E-state index in [1.54, 1.807) is 55.7 Å². The first-order valence-corrected chi connectivity index (χ1v) is 11.1. The van der Waals surface area contributed by atoms with Crippen LogP contribution in [-0.4, -0.2) is 41.4 Å². The molecule has 1 aromatic heterocycles. The number of hydrogen-bond donors (Lipinski definition) is 5. The average molecular weight is 469 g/mol. The van der Waals surface area contributed by atoms with Crippen molar-refractivity contribution in [3.05, 3.63) is 59.9 Å². The van der Waals surface area contributed by atoms with Gasteiger partial charge in [-0.2, -0.15) is 0 Å². The normalized spacial score (nSPS) is 12.4. The first-order chi connectivity index (χ1) is 16.2. The molecule has 182 valence electrons. The third kappa shape index (κ3) is 8.53. The first-order valence-electron chi connectivity index (χ1n) is 11.1. The van der Waals surface area contributed by atoms with Gasteiger partial charge in [0.1, 0.15) is 11.9 Å². The van der Waals surface area contributed by atoms with E-state index in [4.69, 9.17) is 15.9 Å². The SMILES string of the molecule is CCOC(=O)CC(NC(=O)[C@H](CC(C)C)NC(=O)Nc1ccc(C(=N)N)cc1)c1cccnc1. The van der Waals surface area contributed by atoms with Crippen LogP contribution in [-0.2, 0) is 14.3 Å². The van der Waals surface area contributed by atoms with E-state index in [2.05, 4.69) is 20.9 Å². The fourth-order valence-corrected chi connectivity index (χ4v) is 3.25. The number of hydrogen-bond acceptors (Lipinski definition) is 6. The monoisotopic (exact) mass is 468 g/mol. The van der Waals surface area contributed by atoms with Crippen molar-refractivity contribution in [2.45, 2.75) is 45.7 Å². The zero-order valence-electron chi connectivity index (χ0n) is 19.6. The maximum atomic E-state index is 13.1. The molecule has 2 atom stereocenters. The maximum absolute atomic E-state index is 13.1. The molecule has 1 aromatic carbocycles. The van der Waals surface area contributed by atoms with E-state index in [1.165, 1.54) is 0 Å². The lowest BCUT2D eigenvalue weighted by atomic mass is 10.0. The fourth-order valence-electron chi connectivity index (χ4n) is 3.25. The third-order valence-corrected chi connectivity index (χ3v) is 4.86. The summed E-state index contributed by atoms with van der Waals surface area (Å²) in [6.45, 7) is 5.83. The predicted octanol–water partition coefficient (Wildman–Crippen LogP) is 2.71. The Bertz CT molecular complexity index is 979. The van der Waals surface area contributed by atoms with E-state index < -0.39 is 30.0 Å². The van der Waals surface area contributed by atoms with Gasteiger partial charge in [0.15, 0.2) is 0 Å². The number of carbonyl (C=O) groups is 3. The third-order valence-electron chi connectivity index (χ3n) is 4.86. The largest absolute Gasteiger partial charge is 0.466 e. The van der Waals surface area contributed by atoms with Crippen LogP contribution in [0.3, 0.4) is 0 Å². The summed E-state index contributed by atoms with van der Waals surface area (Å²) in [4.78, 5) is 41.9. The standard InChI is InChI=1S/C24H32N6O4/c1-4-34-21(31)13-19(17-6-5-11-27-14-17)29-23(32)20(12-15(2)3)30-24(33)28-18-9-7-16(8-10-18)22(25)26/h5-11,14-15,19-20H,4,12-13H2,1-3H3,(H3,25,26)(H,29,32)(H2,28,30,33)/t19?,20-/m0/s1. The molecule has 0 aliphatic rings. The van der Waals surface area contributed by atoms with E-state index in [9.17, 15) is 14.4 Å². The highest BCUT2D eigenvalue weighted by Gasteiger charge is 2.26. The minimum absolute atomic E-state index is 0.0611. The summed E-state index contributed by atoms with van der Waals surface area (Å²) in [5.74, 6) is -0.825. The van der Waals surface area contributed by atoms with Crippen molar-refractivity contribution in [3.63, 3.8) is 0 Å². The lowest BCUT2D eigenvalue weighted by molar-refractivity contribution is -0.143. The van der Waals surface area contributed by atoms with E-state index in [-0.39, 0.29) is 24.8 Å². The molecular weight excluding hydrogens is 436 g/mol. The summed E-state index contributed by atoms with van der Waals surface area (Å²) >= 11 is 0. The van der Waals surface area contributed by atoms with Crippen LogP contribution in [0.4, 0.5) is 10.5 Å². The number of pyridine rings is 1. The molecule has 10 nitrogen and oxygen atoms in total. The minimum Gasteiger partial charge on any atom is -0.466 e. The lowest BCUT2D eigenvalue weighted by Gasteiger charge is -2.24. The molecular formula is C24H32N6O4. The van der Waals surface area contributed by atoms with Gasteiger partial charge in [0, 0.05) is 23.6 Å². The number of esters is 1. The second-order valence-corrected chi connectivity index (χ2v) is 8.13. The smallest absolute Gasteiger partial charge is 0.319 e. The van der Waals surface area contributed by atoms with Crippen LogP contribution < -0.4 is 21.7 Å². The lowest BCUT2D eigenvalue weighted by Crippen LogP contribution is -2.49. The van der Waals surface area contributed by atoms with Gasteiger partial charge in [-0.15, -0.1) is 0 Å². The summed E-state index contributed by atoms with van der Waals surface area (Å²) in [7, 11) is 0. The molecule has 0 saturated carbocycles. The molecule has 34 heavy (non-hydrogen) atoms. The number of amidine groups is 1. The second-order valence-electron chi connectivity index (χ2n) is 8.13. The summed E-state index contributed by atoms with van der Waals surface area (Å²) in [6, 6.07) is 7.90. The number of nitrogens with zero attached hydrogens (tertiary/aromatic N) is 1. The summed E-state index contributed by atoms with van der Waals surface area (Å²) in [5, 5.41) is 15.7. The highest BCUT2D eigenvalue weighted by molar-refractivity contribution is 5.97. The van der Waals surface area contributed by atoms with Crippen LogP contribution >= 0.6 is 0 Å². The molecule has 1 unspecified atom stereocenters. The Kier molecular flexibility index (Phi) is 10.0. The molecule has 2 rings (SSSR count). The number of anilines is 1. The van der Waals surface area contributed by atoms with Crippen LogP contribution in [0.1, 0.15) is 50.8 Å². The van der Waals surface area contributed by atoms with Gasteiger partial charge in [-0.1, -0.05) is 19.9 Å². The Morgan fingerprint density at radius 2 is 1.82 bits per heavy atom. The fraction of sp³-hybridized carbons (Fsp3) is 0.375. The Hall–Kier alpha value is -3.95. The molecule has 0 spiro atoms. The highest BCUT2D eigenvalue weighted by atomic mass is 16.5. The molecule has 6 N–H and O–H groups in total. The second kappa shape index (κ2) is 12.9. The van der Waals surface area contributed by atoms with Crippen molar-refractivity contribution < 1.29 is 19.1 Å². The number of benzene rings is 1. The molecule has 3 amide bonds. The number of nitrogen functional groups attached to an aromatic ring is 1. The summed E-state index contributed by atoms with van der Waals surface area (Å²) in [6.07, 6.45) is 3.51. The number of ether oxygens (including phenoxy) is 1. The topological polar surface area (TPSA) is 159 Å². The van der Waals surface area contributed by atoms with Gasteiger partial charge in [0.05, 0.1) is 19.1 Å². The Balaban J connectivity index is 2.11. The van der Waals surface area contributed by atoms with Crippen molar-refractivity contribution in [1.82, 2.24) is 15.6 Å². The molecule has 0 radical (unpaired) electrons. The predicted molar refractivity (Wildman–Crippen MR) is 129 cm³/mol. The van der Waals surface area contributed by atoms with Crippen LogP contribution in [0.2, 0.25) is 0 Å². The van der Waals surface area contributed by atoms with Gasteiger partial charge in [0.2, 0.25) is 5.91 Å². The van der Waals surface area contributed by atoms with E-state index in [0.717, 1.165) is 0 Å². The average Bonchev–Trinajstić information content (AvgIpc) is 2.79. The van der Waals surface area contributed by atoms with Crippen molar-refractivity contribution in [2.75, 3.05) is 11.9 Å². The van der Waals surface area contributed by atoms with Crippen LogP contribution in [0.25, 0.3) is 0 Å². The summed E-state index contributed by atoms with van der Waals surface area (Å²) < 4.78 is 5.04. The Labute approximate surface area is 199 Å². The van der Waals surface area contributed by atoms with Gasteiger partial charge in [-0.3, -0.25) is 20.0 Å². The number of amides is 3. The molecule has 0 bridgehead atoms. The summed E-state index contributed by atoms with van der Waals surface area (Å²) in [5.41, 5.74) is 7.12. The quantitative estimate of drug-likeness (QED) is 0.194. The molecule has 0 saturated heterocycles. The molecule has 2 aromatic rings. The van der Waals surface area contributed by atoms with Gasteiger partial charge in [0.25, 0.3) is 0 Å². The van der Waals surface area contributed by atoms with Gasteiger partial charge >= 0.3 is 12.0 Å². The van der Waals surface area contributed by atoms with Crippen molar-refractivity contribution in [1.29, 1.82) is 5.41 Å². The van der Waals surface area contributed by atoms with Crippen LogP contribution in [0, 0.1) is 11.3 Å². The number of urea groups is 1. The van der Waals surface area contributed by atoms with Crippen LogP contribution in [0.5, 0.6) is 0 Å². The van der Waals surface area contributed by atoms with Crippen molar-refractivity contribution >= 4 is 29.4 Å². The molecule has 0 aliphatic carbocycles. The van der Waals surface area contributed by atoms with Gasteiger partial charge < -0.3 is 26.4 Å². The Morgan fingerprint density at radius 1 is 1.12 bits per heavy atom. The Morgan fingerprint density at radius 3 is 2.38 bits per heavy atom. The number of nitrogens with two attached hydrogens (primary N) is 1. The maximum Gasteiger partial charge on any atom is 0.319 e. The first kappa shape index (κ1) is 26.3. The highest BCUT2D eigenvalue weighted by Crippen LogP contribution is 2.18. The number of carbonyl (C=O) groups excluding carboxylic acids is 3. The van der Waals surface area contributed by atoms with E-state index in [0.29, 0.717) is 23.2 Å². The molecule has 10 heteroatoms. The number of nitrogens with one attached hydrogen (secondary N) is 4. The molecule has 1 heterocycles. The van der Waals surface area contributed by atoms with Crippen LogP contribution in [0.15, 0.2) is 48.8 Å². The minimum atomic E-state index is -0.835. The van der Waals surface area contributed by atoms with Gasteiger partial charge in [-0.05, 0) is 55.2 Å². The van der Waals surface area contributed by atoms with E-state index >= 15 is 0 Å². The zero-order valence-corrected chi connectivity index (χ0v) is 19.6. The van der Waals surface area contributed by atoms with Crippen molar-refractivity contribution in [2.24, 2.45) is 11.7 Å². The van der Waals surface area contributed by atoms with Crippen molar-refractivity contribution in [3.8, 4) is 0 Å². The number of rotatable bonds is 11. The molecule has 0 fully saturated rings. The van der Waals surface area contributed by atoms with Gasteiger partial charge in [-0.25, -0.2) is 4.79 Å². The molecule has 0 aliphatic heterocycles.